The second-order valence-electron chi connectivity index (χ2n) is 4.86. The zero-order valence-corrected chi connectivity index (χ0v) is 13.0. The van der Waals surface area contributed by atoms with E-state index in [1.165, 1.54) is 12.3 Å². The molecule has 1 aliphatic rings. The summed E-state index contributed by atoms with van der Waals surface area (Å²) in [6, 6.07) is 4.80. The Morgan fingerprint density at radius 3 is 2.70 bits per heavy atom. The molecule has 0 bridgehead atoms. The quantitative estimate of drug-likeness (QED) is 0.913. The molecule has 1 aliphatic heterocycles. The molecule has 1 unspecified atom stereocenters. The van der Waals surface area contributed by atoms with Gasteiger partial charge in [-0.05, 0) is 30.7 Å². The van der Waals surface area contributed by atoms with Crippen LogP contribution in [0.15, 0.2) is 18.2 Å². The van der Waals surface area contributed by atoms with Crippen LogP contribution in [-0.2, 0) is 9.84 Å². The highest BCUT2D eigenvalue weighted by Gasteiger charge is 2.31. The van der Waals surface area contributed by atoms with Gasteiger partial charge in [-0.3, -0.25) is 0 Å². The Balaban J connectivity index is 2.40. The van der Waals surface area contributed by atoms with Crippen molar-refractivity contribution in [3.05, 3.63) is 29.3 Å². The molecule has 20 heavy (non-hydrogen) atoms. The van der Waals surface area contributed by atoms with E-state index in [1.807, 2.05) is 11.8 Å². The number of rotatable bonds is 3. The molecule has 1 aromatic rings. The van der Waals surface area contributed by atoms with Crippen LogP contribution >= 0.6 is 11.8 Å². The molecule has 2 rings (SSSR count). The van der Waals surface area contributed by atoms with Gasteiger partial charge in [0.15, 0.2) is 9.84 Å². The maximum atomic E-state index is 11.9. The van der Waals surface area contributed by atoms with Crippen molar-refractivity contribution < 1.29 is 18.3 Å². The van der Waals surface area contributed by atoms with E-state index in [0.717, 1.165) is 17.0 Å². The van der Waals surface area contributed by atoms with Gasteiger partial charge in [0, 0.05) is 30.0 Å². The third-order valence-corrected chi connectivity index (χ3v) is 5.98. The van der Waals surface area contributed by atoms with E-state index in [-0.39, 0.29) is 5.56 Å². The van der Waals surface area contributed by atoms with Crippen molar-refractivity contribution in [1.82, 2.24) is 0 Å². The lowest BCUT2D eigenvalue weighted by Crippen LogP contribution is -2.47. The fourth-order valence-corrected chi connectivity index (χ4v) is 5.15. The molecule has 0 spiro atoms. The number of hydrogen-bond donors (Lipinski definition) is 1. The van der Waals surface area contributed by atoms with E-state index in [0.29, 0.717) is 12.3 Å². The van der Waals surface area contributed by atoms with E-state index in [9.17, 15) is 13.2 Å². The lowest BCUT2D eigenvalue weighted by Gasteiger charge is -2.36. The first-order chi connectivity index (χ1) is 9.30. The third kappa shape index (κ3) is 3.09. The lowest BCUT2D eigenvalue weighted by atomic mass is 10.1. The van der Waals surface area contributed by atoms with Gasteiger partial charge in [-0.1, -0.05) is 0 Å². The number of carbonyl (C=O) groups is 1. The second kappa shape index (κ2) is 5.65. The van der Waals surface area contributed by atoms with Gasteiger partial charge in [-0.2, -0.15) is 11.8 Å². The number of carboxylic acids is 1. The maximum absolute atomic E-state index is 11.9. The molecule has 7 heteroatoms. The molecule has 0 aliphatic carbocycles. The SMILES string of the molecule is Cc1cc(C(=O)O)ccc1N1CCSCC1S(C)(=O)=O. The monoisotopic (exact) mass is 315 g/mol. The summed E-state index contributed by atoms with van der Waals surface area (Å²) >= 11 is 1.63. The summed E-state index contributed by atoms with van der Waals surface area (Å²) in [6.45, 7) is 2.46. The summed E-state index contributed by atoms with van der Waals surface area (Å²) in [4.78, 5) is 12.8. The first-order valence-electron chi connectivity index (χ1n) is 6.18. The zero-order chi connectivity index (χ0) is 14.9. The molecule has 1 fully saturated rings. The topological polar surface area (TPSA) is 74.7 Å². The lowest BCUT2D eigenvalue weighted by molar-refractivity contribution is 0.0697. The van der Waals surface area contributed by atoms with Crippen molar-refractivity contribution in [1.29, 1.82) is 0 Å². The number of thioether (sulfide) groups is 1. The molecule has 1 aromatic carbocycles. The molecule has 5 nitrogen and oxygen atoms in total. The van der Waals surface area contributed by atoms with Gasteiger partial charge in [0.05, 0.1) is 5.56 Å². The first-order valence-corrected chi connectivity index (χ1v) is 9.29. The van der Waals surface area contributed by atoms with Crippen molar-refractivity contribution in [3.8, 4) is 0 Å². The van der Waals surface area contributed by atoms with Gasteiger partial charge >= 0.3 is 5.97 Å². The number of carboxylic acid groups (broad SMARTS) is 1. The Morgan fingerprint density at radius 1 is 1.45 bits per heavy atom. The summed E-state index contributed by atoms with van der Waals surface area (Å²) < 4.78 is 23.8. The predicted octanol–water partition coefficient (Wildman–Crippen LogP) is 1.62. The van der Waals surface area contributed by atoms with Crippen molar-refractivity contribution in [2.75, 3.05) is 29.2 Å². The Labute approximate surface area is 122 Å². The van der Waals surface area contributed by atoms with Gasteiger partial charge in [0.2, 0.25) is 0 Å². The highest BCUT2D eigenvalue weighted by molar-refractivity contribution is 8.01. The molecular formula is C13H17NO4S2. The van der Waals surface area contributed by atoms with Gasteiger partial charge < -0.3 is 10.0 Å². The van der Waals surface area contributed by atoms with E-state index in [2.05, 4.69) is 0 Å². The maximum Gasteiger partial charge on any atom is 0.335 e. The van der Waals surface area contributed by atoms with Crippen LogP contribution in [0.3, 0.4) is 0 Å². The number of aryl methyl sites for hydroxylation is 1. The highest BCUT2D eigenvalue weighted by Crippen LogP contribution is 2.29. The Kier molecular flexibility index (Phi) is 4.29. The fraction of sp³-hybridized carbons (Fsp3) is 0.462. The van der Waals surface area contributed by atoms with Gasteiger partial charge in [0.1, 0.15) is 5.37 Å². The minimum Gasteiger partial charge on any atom is -0.478 e. The fourth-order valence-electron chi connectivity index (χ4n) is 2.32. The van der Waals surface area contributed by atoms with Crippen molar-refractivity contribution in [3.63, 3.8) is 0 Å². The second-order valence-corrected chi connectivity index (χ2v) is 8.21. The first kappa shape index (κ1) is 15.2. The van der Waals surface area contributed by atoms with Crippen LogP contribution in [0.2, 0.25) is 0 Å². The van der Waals surface area contributed by atoms with E-state index >= 15 is 0 Å². The number of sulfone groups is 1. The molecule has 0 radical (unpaired) electrons. The van der Waals surface area contributed by atoms with Gasteiger partial charge in [-0.25, -0.2) is 13.2 Å². The smallest absolute Gasteiger partial charge is 0.335 e. The van der Waals surface area contributed by atoms with Crippen LogP contribution in [0.5, 0.6) is 0 Å². The van der Waals surface area contributed by atoms with Crippen molar-refractivity contribution in [2.45, 2.75) is 12.3 Å². The molecule has 0 amide bonds. The minimum absolute atomic E-state index is 0.216. The van der Waals surface area contributed by atoms with Crippen LogP contribution in [0.4, 0.5) is 5.69 Å². The summed E-state index contributed by atoms with van der Waals surface area (Å²) in [5.41, 5.74) is 1.80. The van der Waals surface area contributed by atoms with Crippen molar-refractivity contribution in [2.24, 2.45) is 0 Å². The van der Waals surface area contributed by atoms with E-state index in [4.69, 9.17) is 5.11 Å². The molecule has 0 saturated carbocycles. The number of anilines is 1. The van der Waals surface area contributed by atoms with Crippen LogP contribution in [0.25, 0.3) is 0 Å². The third-order valence-electron chi connectivity index (χ3n) is 3.33. The molecule has 1 atom stereocenters. The predicted molar refractivity (Wildman–Crippen MR) is 81.4 cm³/mol. The Morgan fingerprint density at radius 2 is 2.15 bits per heavy atom. The average Bonchev–Trinajstić information content (AvgIpc) is 2.37. The molecule has 1 saturated heterocycles. The summed E-state index contributed by atoms with van der Waals surface area (Å²) in [5, 5.41) is 8.43. The molecule has 1 heterocycles. The number of benzene rings is 1. The number of hydrogen-bond acceptors (Lipinski definition) is 5. The van der Waals surface area contributed by atoms with Crippen LogP contribution < -0.4 is 4.90 Å². The zero-order valence-electron chi connectivity index (χ0n) is 11.4. The van der Waals surface area contributed by atoms with E-state index < -0.39 is 21.2 Å². The summed E-state index contributed by atoms with van der Waals surface area (Å²) in [6.07, 6.45) is 1.25. The van der Waals surface area contributed by atoms with Gasteiger partial charge in [-0.15, -0.1) is 0 Å². The Bertz CT molecular complexity index is 627. The van der Waals surface area contributed by atoms with Crippen molar-refractivity contribution >= 4 is 33.3 Å². The normalized spacial score (nSPS) is 19.9. The minimum atomic E-state index is -3.18. The average molecular weight is 315 g/mol. The number of nitrogens with zero attached hydrogens (tertiary/aromatic N) is 1. The number of aromatic carboxylic acids is 1. The van der Waals surface area contributed by atoms with Crippen LogP contribution in [0.1, 0.15) is 15.9 Å². The summed E-state index contributed by atoms with van der Waals surface area (Å²) in [7, 11) is -3.18. The van der Waals surface area contributed by atoms with Crippen LogP contribution in [0, 0.1) is 6.92 Å². The highest BCUT2D eigenvalue weighted by atomic mass is 32.2. The van der Waals surface area contributed by atoms with Gasteiger partial charge in [0.25, 0.3) is 0 Å². The van der Waals surface area contributed by atoms with E-state index in [1.54, 1.807) is 23.9 Å². The molecule has 110 valence electrons. The Hall–Kier alpha value is -1.21. The standard InChI is InChI=1S/C13H17NO4S2/c1-9-7-10(13(15)16)3-4-11(9)14-5-6-19-8-12(14)20(2,17)18/h3-4,7,12H,5-6,8H2,1-2H3,(H,15,16). The summed E-state index contributed by atoms with van der Waals surface area (Å²) in [5.74, 6) is 0.430. The van der Waals surface area contributed by atoms with Crippen LogP contribution in [-0.4, -0.2) is 49.2 Å². The molecular weight excluding hydrogens is 298 g/mol. The molecule has 1 N–H and O–H groups in total. The largest absolute Gasteiger partial charge is 0.478 e. The molecule has 0 aromatic heterocycles.